The molecule has 2 atom stereocenters. The van der Waals surface area contributed by atoms with Crippen molar-refractivity contribution in [3.05, 3.63) is 60.4 Å². The van der Waals surface area contributed by atoms with Crippen LogP contribution in [0.15, 0.2) is 59.8 Å². The van der Waals surface area contributed by atoms with E-state index in [4.69, 9.17) is 5.21 Å². The fourth-order valence-electron chi connectivity index (χ4n) is 4.74. The van der Waals surface area contributed by atoms with E-state index in [9.17, 15) is 18.3 Å². The number of aliphatic hydroxyl groups excluding tert-OH is 1. The molecule has 1 aliphatic carbocycles. The second kappa shape index (κ2) is 8.34. The third kappa shape index (κ3) is 3.82. The summed E-state index contributed by atoms with van der Waals surface area (Å²) in [5, 5.41) is 20.1. The van der Waals surface area contributed by atoms with Gasteiger partial charge in [0.05, 0.1) is 17.1 Å². The summed E-state index contributed by atoms with van der Waals surface area (Å²) in [6.45, 7) is 0.935. The van der Waals surface area contributed by atoms with Crippen LogP contribution in [0.5, 0.6) is 0 Å². The first kappa shape index (κ1) is 21.7. The Labute approximate surface area is 190 Å². The number of fused-ring (bicyclic) bond motifs is 2. The average Bonchev–Trinajstić information content (AvgIpc) is 3.31. The largest absolute Gasteiger partial charge is 0.395 e. The van der Waals surface area contributed by atoms with Crippen molar-refractivity contribution in [2.75, 3.05) is 31.1 Å². The lowest BCUT2D eigenvalue weighted by Gasteiger charge is -2.26. The van der Waals surface area contributed by atoms with Gasteiger partial charge in [0.2, 0.25) is 16.0 Å². The van der Waals surface area contributed by atoms with Crippen LogP contribution in [0.1, 0.15) is 10.4 Å². The Balaban J connectivity index is 1.33. The molecule has 1 saturated heterocycles. The molecular weight excluding hydrogens is 446 g/mol. The SMILES string of the molecule is O=C(NO)c1cnc(N2CC3C(C2)C3N(CCO)S(=O)(=O)c2ccc3ccccc3c2)nc1. The van der Waals surface area contributed by atoms with E-state index >= 15 is 0 Å². The summed E-state index contributed by atoms with van der Waals surface area (Å²) in [5.74, 6) is -0.0300. The van der Waals surface area contributed by atoms with Crippen LogP contribution < -0.4 is 10.4 Å². The van der Waals surface area contributed by atoms with Crippen molar-refractivity contribution in [1.29, 1.82) is 0 Å². The van der Waals surface area contributed by atoms with Gasteiger partial charge in [0.15, 0.2) is 0 Å². The predicted molar refractivity (Wildman–Crippen MR) is 119 cm³/mol. The first-order valence-corrected chi connectivity index (χ1v) is 12.0. The Morgan fingerprint density at radius 1 is 1.09 bits per heavy atom. The number of benzene rings is 2. The van der Waals surface area contributed by atoms with Crippen molar-refractivity contribution in [2.45, 2.75) is 10.9 Å². The molecule has 2 aliphatic rings. The Morgan fingerprint density at radius 2 is 1.76 bits per heavy atom. The zero-order valence-electron chi connectivity index (χ0n) is 17.6. The summed E-state index contributed by atoms with van der Waals surface area (Å²) in [5.41, 5.74) is 1.67. The Bertz CT molecular complexity index is 1290. The summed E-state index contributed by atoms with van der Waals surface area (Å²) in [6.07, 6.45) is 2.66. The second-order valence-corrected chi connectivity index (χ2v) is 10.2. The van der Waals surface area contributed by atoms with E-state index in [-0.39, 0.29) is 41.5 Å². The molecule has 1 aliphatic heterocycles. The third-order valence-corrected chi connectivity index (χ3v) is 8.31. The van der Waals surface area contributed by atoms with Gasteiger partial charge in [-0.25, -0.2) is 23.9 Å². The number of hydrogen-bond donors (Lipinski definition) is 3. The van der Waals surface area contributed by atoms with Crippen molar-refractivity contribution in [1.82, 2.24) is 19.8 Å². The fourth-order valence-corrected chi connectivity index (χ4v) is 6.48. The number of amides is 1. The van der Waals surface area contributed by atoms with Gasteiger partial charge in [-0.15, -0.1) is 0 Å². The molecule has 2 heterocycles. The topological polar surface area (TPSA) is 136 Å². The summed E-state index contributed by atoms with van der Waals surface area (Å²) in [4.78, 5) is 22.0. The molecule has 10 nitrogen and oxygen atoms in total. The van der Waals surface area contributed by atoms with Crippen LogP contribution in [0.4, 0.5) is 5.95 Å². The highest BCUT2D eigenvalue weighted by Gasteiger charge is 2.61. The lowest BCUT2D eigenvalue weighted by Crippen LogP contribution is -2.40. The molecule has 0 spiro atoms. The maximum Gasteiger partial charge on any atom is 0.277 e. The number of aliphatic hydroxyl groups is 1. The molecule has 11 heteroatoms. The predicted octanol–water partition coefficient (Wildman–Crippen LogP) is 0.867. The molecule has 2 fully saturated rings. The minimum atomic E-state index is -3.78. The van der Waals surface area contributed by atoms with Crippen molar-refractivity contribution < 1.29 is 23.5 Å². The highest BCUT2D eigenvalue weighted by atomic mass is 32.2. The lowest BCUT2D eigenvalue weighted by molar-refractivity contribution is 0.0705. The zero-order chi connectivity index (χ0) is 23.2. The average molecular weight is 470 g/mol. The third-order valence-electron chi connectivity index (χ3n) is 6.41. The molecule has 172 valence electrons. The molecule has 1 aromatic heterocycles. The standard InChI is InChI=1S/C22H23N5O5S/c28-8-7-27(33(31,32)17-6-5-14-3-1-2-4-15(14)9-17)20-18-12-26(13-19(18)20)22-23-10-16(11-24-22)21(29)25-30/h1-6,9-11,18-20,28,30H,7-8,12-13H2,(H,25,29). The van der Waals surface area contributed by atoms with Crippen LogP contribution in [0.3, 0.4) is 0 Å². The maximum absolute atomic E-state index is 13.5. The van der Waals surface area contributed by atoms with Gasteiger partial charge in [0.1, 0.15) is 0 Å². The molecule has 33 heavy (non-hydrogen) atoms. The summed E-state index contributed by atoms with van der Waals surface area (Å²) in [7, 11) is -3.78. The number of hydroxylamine groups is 1. The van der Waals surface area contributed by atoms with E-state index in [0.717, 1.165) is 10.8 Å². The molecule has 2 unspecified atom stereocenters. The van der Waals surface area contributed by atoms with Crippen LogP contribution in [-0.4, -0.2) is 71.2 Å². The Hall–Kier alpha value is -3.12. The number of rotatable bonds is 7. The fraction of sp³-hybridized carbons (Fsp3) is 0.318. The van der Waals surface area contributed by atoms with Crippen molar-refractivity contribution in [3.63, 3.8) is 0 Å². The number of hydrogen-bond acceptors (Lipinski definition) is 8. The van der Waals surface area contributed by atoms with Gasteiger partial charge in [-0.1, -0.05) is 30.3 Å². The molecule has 1 saturated carbocycles. The van der Waals surface area contributed by atoms with E-state index in [1.165, 1.54) is 22.2 Å². The lowest BCUT2D eigenvalue weighted by atomic mass is 10.1. The van der Waals surface area contributed by atoms with Crippen LogP contribution in [0.2, 0.25) is 0 Å². The van der Waals surface area contributed by atoms with Gasteiger partial charge >= 0.3 is 0 Å². The number of piperidine rings is 1. The molecular formula is C22H23N5O5S. The zero-order valence-corrected chi connectivity index (χ0v) is 18.4. The second-order valence-electron chi connectivity index (χ2n) is 8.28. The van der Waals surface area contributed by atoms with Gasteiger partial charge in [-0.3, -0.25) is 10.0 Å². The van der Waals surface area contributed by atoms with Crippen molar-refractivity contribution in [3.8, 4) is 0 Å². The molecule has 5 rings (SSSR count). The van der Waals surface area contributed by atoms with Crippen LogP contribution in [-0.2, 0) is 10.0 Å². The van der Waals surface area contributed by atoms with Gasteiger partial charge in [0.25, 0.3) is 5.91 Å². The first-order chi connectivity index (χ1) is 15.9. The molecule has 0 radical (unpaired) electrons. The number of sulfonamides is 1. The monoisotopic (exact) mass is 469 g/mol. The number of carbonyl (C=O) groups excluding carboxylic acids is 1. The number of aromatic nitrogens is 2. The van der Waals surface area contributed by atoms with Gasteiger partial charge in [-0.05, 0) is 34.7 Å². The summed E-state index contributed by atoms with van der Waals surface area (Å²) < 4.78 is 28.4. The maximum atomic E-state index is 13.5. The van der Waals surface area contributed by atoms with Crippen molar-refractivity contribution in [2.24, 2.45) is 11.8 Å². The van der Waals surface area contributed by atoms with Gasteiger partial charge < -0.3 is 10.0 Å². The number of nitrogens with one attached hydrogen (secondary N) is 1. The van der Waals surface area contributed by atoms with E-state index in [1.807, 2.05) is 29.2 Å². The minimum absolute atomic E-state index is 0.0360. The molecule has 3 N–H and O–H groups in total. The normalized spacial score (nSPS) is 21.9. The molecule has 1 amide bonds. The Kier molecular flexibility index (Phi) is 5.49. The molecule has 3 aromatic rings. The van der Waals surface area contributed by atoms with E-state index < -0.39 is 15.9 Å². The highest BCUT2D eigenvalue weighted by Crippen LogP contribution is 2.50. The first-order valence-electron chi connectivity index (χ1n) is 10.6. The number of carbonyl (C=O) groups is 1. The summed E-state index contributed by atoms with van der Waals surface area (Å²) >= 11 is 0. The number of nitrogens with zero attached hydrogens (tertiary/aromatic N) is 4. The van der Waals surface area contributed by atoms with Crippen molar-refractivity contribution >= 4 is 32.7 Å². The van der Waals surface area contributed by atoms with Crippen LogP contribution in [0, 0.1) is 11.8 Å². The van der Waals surface area contributed by atoms with E-state index in [0.29, 0.717) is 19.0 Å². The number of anilines is 1. The van der Waals surface area contributed by atoms with Gasteiger partial charge in [-0.2, -0.15) is 4.31 Å². The van der Waals surface area contributed by atoms with Crippen LogP contribution in [0.25, 0.3) is 10.8 Å². The summed E-state index contributed by atoms with van der Waals surface area (Å²) in [6, 6.07) is 12.5. The molecule has 2 aromatic carbocycles. The smallest absolute Gasteiger partial charge is 0.277 e. The quantitative estimate of drug-likeness (QED) is 0.343. The Morgan fingerprint density at radius 3 is 2.39 bits per heavy atom. The molecule has 0 bridgehead atoms. The van der Waals surface area contributed by atoms with E-state index in [1.54, 1.807) is 18.2 Å². The van der Waals surface area contributed by atoms with E-state index in [2.05, 4.69) is 9.97 Å². The highest BCUT2D eigenvalue weighted by molar-refractivity contribution is 7.89. The minimum Gasteiger partial charge on any atom is -0.395 e. The van der Waals surface area contributed by atoms with Crippen LogP contribution >= 0.6 is 0 Å². The van der Waals surface area contributed by atoms with Gasteiger partial charge in [0, 0.05) is 38.1 Å².